The van der Waals surface area contributed by atoms with Crippen molar-refractivity contribution in [1.82, 2.24) is 33.6 Å². The Balaban J connectivity index is 0.000000148. The van der Waals surface area contributed by atoms with E-state index in [9.17, 15) is 0 Å². The Labute approximate surface area is 572 Å². The molecule has 7 nitrogen and oxygen atoms in total. The maximum atomic E-state index is 5.16. The molecule has 5 aromatic heterocycles. The molecule has 99 heavy (non-hydrogen) atoms. The van der Waals surface area contributed by atoms with E-state index in [0.717, 1.165) is 56.0 Å². The average molecular weight is 1260 g/mol. The molecule has 464 valence electrons. The number of para-hydroxylation sites is 5. The number of hydrogen-bond acceptors (Lipinski definition) is 4. The van der Waals surface area contributed by atoms with E-state index in [1.54, 1.807) is 0 Å². The number of rotatable bonds is 11. The normalized spacial score (nSPS) is 11.4. The summed E-state index contributed by atoms with van der Waals surface area (Å²) in [5.41, 5.74) is 26.0. The van der Waals surface area contributed by atoms with Crippen molar-refractivity contribution in [2.75, 3.05) is 0 Å². The van der Waals surface area contributed by atoms with Gasteiger partial charge in [0.1, 0.15) is 0 Å². The highest BCUT2D eigenvalue weighted by atomic mass is 15.2. The molecule has 0 aliphatic rings. The number of nitrogens with zero attached hydrogens (tertiary/aromatic N) is 7. The minimum absolute atomic E-state index is 0.649. The predicted octanol–water partition coefficient (Wildman–Crippen LogP) is 23.6. The molecule has 14 aromatic carbocycles. The largest absolute Gasteiger partial charge is 0.309 e. The van der Waals surface area contributed by atoms with Gasteiger partial charge in [-0.2, -0.15) is 0 Å². The van der Waals surface area contributed by atoms with E-state index in [-0.39, 0.29) is 0 Å². The van der Waals surface area contributed by atoms with Crippen LogP contribution in [-0.4, -0.2) is 33.6 Å². The van der Waals surface area contributed by atoms with Crippen LogP contribution in [0.2, 0.25) is 0 Å². The Morgan fingerprint density at radius 3 is 1.03 bits per heavy atom. The van der Waals surface area contributed by atoms with Crippen LogP contribution in [0.3, 0.4) is 0 Å². The fourth-order valence-electron chi connectivity index (χ4n) is 14.3. The lowest BCUT2D eigenvalue weighted by Crippen LogP contribution is -2.01. The van der Waals surface area contributed by atoms with Crippen LogP contribution < -0.4 is 0 Å². The van der Waals surface area contributed by atoms with Crippen molar-refractivity contribution in [2.24, 2.45) is 0 Å². The van der Waals surface area contributed by atoms with Gasteiger partial charge in [0.05, 0.1) is 44.5 Å². The van der Waals surface area contributed by atoms with Crippen molar-refractivity contribution in [2.45, 2.75) is 0 Å². The van der Waals surface area contributed by atoms with Gasteiger partial charge in [-0.25, -0.2) is 19.9 Å². The van der Waals surface area contributed by atoms with Gasteiger partial charge in [0.25, 0.3) is 0 Å². The molecule has 0 aliphatic carbocycles. The van der Waals surface area contributed by atoms with E-state index in [0.29, 0.717) is 11.8 Å². The molecule has 0 N–H and O–H groups in total. The van der Waals surface area contributed by atoms with E-state index in [2.05, 4.69) is 358 Å². The van der Waals surface area contributed by atoms with Crippen LogP contribution in [0, 0.1) is 0 Å². The lowest BCUT2D eigenvalue weighted by Gasteiger charge is -2.10. The highest BCUT2D eigenvalue weighted by molar-refractivity contribution is 6.13. The van der Waals surface area contributed by atoms with Crippen molar-refractivity contribution in [1.29, 1.82) is 0 Å². The van der Waals surface area contributed by atoms with Crippen molar-refractivity contribution >= 4 is 65.4 Å². The Morgan fingerprint density at radius 1 is 0.182 bits per heavy atom. The first-order chi connectivity index (χ1) is 49.1. The van der Waals surface area contributed by atoms with Crippen LogP contribution in [0.25, 0.3) is 172 Å². The summed E-state index contributed by atoms with van der Waals surface area (Å²) in [4.78, 5) is 19.6. The Bertz CT molecular complexity index is 6140. The zero-order valence-electron chi connectivity index (χ0n) is 53.8. The third-order valence-corrected chi connectivity index (χ3v) is 19.1. The summed E-state index contributed by atoms with van der Waals surface area (Å²) < 4.78 is 6.88. The second kappa shape index (κ2) is 25.1. The summed E-state index contributed by atoms with van der Waals surface area (Å²) in [6, 6.07) is 127. The van der Waals surface area contributed by atoms with Crippen LogP contribution >= 0.6 is 0 Å². The quantitative estimate of drug-likeness (QED) is 0.129. The summed E-state index contributed by atoms with van der Waals surface area (Å²) in [7, 11) is 0. The van der Waals surface area contributed by atoms with E-state index in [4.69, 9.17) is 15.0 Å². The van der Waals surface area contributed by atoms with Crippen molar-refractivity contribution in [3.8, 4) is 107 Å². The molecular weight excluding hydrogens is 1200 g/mol. The molecule has 0 unspecified atom stereocenters. The molecule has 0 saturated heterocycles. The molecule has 19 rings (SSSR count). The third-order valence-electron chi connectivity index (χ3n) is 19.1. The van der Waals surface area contributed by atoms with E-state index >= 15 is 0 Å². The van der Waals surface area contributed by atoms with Gasteiger partial charge in [-0.05, 0) is 165 Å². The zero-order valence-corrected chi connectivity index (χ0v) is 53.8. The molecule has 19 aromatic rings. The molecule has 0 atom stereocenters. The van der Waals surface area contributed by atoms with Gasteiger partial charge in [0.15, 0.2) is 5.82 Å². The van der Waals surface area contributed by atoms with Crippen LogP contribution in [0.1, 0.15) is 0 Å². The van der Waals surface area contributed by atoms with E-state index in [1.807, 2.05) is 30.6 Å². The van der Waals surface area contributed by atoms with Crippen LogP contribution in [0.4, 0.5) is 0 Å². The molecule has 7 heteroatoms. The lowest BCUT2D eigenvalue weighted by atomic mass is 9.98. The van der Waals surface area contributed by atoms with Gasteiger partial charge in [0.2, 0.25) is 5.95 Å². The van der Waals surface area contributed by atoms with Gasteiger partial charge >= 0.3 is 0 Å². The first kappa shape index (κ1) is 58.2. The van der Waals surface area contributed by atoms with Crippen LogP contribution in [0.15, 0.2) is 370 Å². The van der Waals surface area contributed by atoms with Crippen molar-refractivity contribution in [3.05, 3.63) is 370 Å². The number of benzene rings is 14. The van der Waals surface area contributed by atoms with Gasteiger partial charge in [-0.3, -0.25) is 4.57 Å². The number of aromatic nitrogens is 7. The monoisotopic (exact) mass is 1260 g/mol. The van der Waals surface area contributed by atoms with Crippen molar-refractivity contribution in [3.63, 3.8) is 0 Å². The minimum Gasteiger partial charge on any atom is -0.309 e. The maximum absolute atomic E-state index is 5.16. The maximum Gasteiger partial charge on any atom is 0.235 e. The number of fused-ring (bicyclic) bond motifs is 9. The first-order valence-corrected chi connectivity index (χ1v) is 33.5. The minimum atomic E-state index is 0.649. The Morgan fingerprint density at radius 2 is 0.505 bits per heavy atom. The lowest BCUT2D eigenvalue weighted by molar-refractivity contribution is 0.992. The summed E-state index contributed by atoms with van der Waals surface area (Å²) >= 11 is 0. The molecule has 0 amide bonds. The Kier molecular flexibility index (Phi) is 14.8. The second-order valence-corrected chi connectivity index (χ2v) is 25.0. The molecule has 0 saturated carbocycles. The highest BCUT2D eigenvalue weighted by Gasteiger charge is 2.19. The summed E-state index contributed by atoms with van der Waals surface area (Å²) in [6.07, 6.45) is 3.71. The standard InChI is InChI=1S/C52H34N4.C40H27N3/c1-3-12-35(13-4-1)38-14-11-15-39(32-38)36-22-24-37(25-23-36)47-30-31-53-52(54-47)56-49-21-10-8-19-44(49)46-34-41(27-29-51(46)56)40-26-28-50-45(33-40)43-18-7-9-20-48(43)55(50)42-16-5-2-6-17-42;1-2-9-28(10-3-1)29-17-19-30(20-18-29)32-11-8-12-33(27-32)37-25-26-41-40(42-37)31-21-23-34(24-22-31)43-38-15-6-4-13-35(38)36-14-5-7-16-39(36)43/h1-34H;1-27H. The average Bonchev–Trinajstić information content (AvgIpc) is 1.60. The fraction of sp³-hybridized carbons (Fsp3) is 0. The Hall–Kier alpha value is -13.4. The molecule has 0 radical (unpaired) electrons. The van der Waals surface area contributed by atoms with Gasteiger partial charge in [-0.1, -0.05) is 249 Å². The molecule has 0 bridgehead atoms. The van der Waals surface area contributed by atoms with E-state index in [1.165, 1.54) is 104 Å². The first-order valence-electron chi connectivity index (χ1n) is 33.5. The molecule has 0 fully saturated rings. The van der Waals surface area contributed by atoms with Gasteiger partial charge in [0, 0.05) is 72.8 Å². The summed E-state index contributed by atoms with van der Waals surface area (Å²) in [5, 5.41) is 7.33. The zero-order chi connectivity index (χ0) is 65.6. The van der Waals surface area contributed by atoms with Crippen molar-refractivity contribution < 1.29 is 0 Å². The molecular formula is C92H61N7. The molecule has 5 heterocycles. The molecule has 0 spiro atoms. The van der Waals surface area contributed by atoms with Gasteiger partial charge < -0.3 is 9.13 Å². The fourth-order valence-corrected chi connectivity index (χ4v) is 14.3. The second-order valence-electron chi connectivity index (χ2n) is 25.0. The van der Waals surface area contributed by atoms with E-state index < -0.39 is 0 Å². The van der Waals surface area contributed by atoms with Crippen LogP contribution in [0.5, 0.6) is 0 Å². The smallest absolute Gasteiger partial charge is 0.235 e. The topological polar surface area (TPSA) is 66.3 Å². The molecule has 0 aliphatic heterocycles. The predicted molar refractivity (Wildman–Crippen MR) is 411 cm³/mol. The van der Waals surface area contributed by atoms with Gasteiger partial charge in [-0.15, -0.1) is 0 Å². The van der Waals surface area contributed by atoms with Crippen LogP contribution in [-0.2, 0) is 0 Å². The summed E-state index contributed by atoms with van der Waals surface area (Å²) in [5.74, 6) is 1.36. The third kappa shape index (κ3) is 10.9. The summed E-state index contributed by atoms with van der Waals surface area (Å²) in [6.45, 7) is 0. The SMILES string of the molecule is c1ccc(-c2ccc(-c3cccc(-c4ccnc(-c5ccc(-n6c7ccccc7c7ccccc76)cc5)n4)c3)cc2)cc1.c1ccc(-c2cccc(-c3ccc(-c4ccnc(-n5c6ccccc6c6cc(-c7ccc8c(c7)c7ccccc7n8-c7ccccc7)ccc65)n4)cc3)c2)cc1. The highest BCUT2D eigenvalue weighted by Crippen LogP contribution is 2.40. The number of hydrogen-bond donors (Lipinski definition) is 0.